The van der Waals surface area contributed by atoms with Crippen LogP contribution in [0.5, 0.6) is 0 Å². The lowest BCUT2D eigenvalue weighted by molar-refractivity contribution is -0.138. The number of anilines is 2. The maximum atomic E-state index is 12.6. The van der Waals surface area contributed by atoms with Crippen LogP contribution in [0.15, 0.2) is 36.4 Å². The van der Waals surface area contributed by atoms with E-state index in [1.54, 1.807) is 6.92 Å². The molecule has 0 saturated carbocycles. The van der Waals surface area contributed by atoms with Gasteiger partial charge < -0.3 is 11.1 Å². The van der Waals surface area contributed by atoms with Crippen LogP contribution in [-0.4, -0.2) is 56.8 Å². The highest BCUT2D eigenvalue weighted by molar-refractivity contribution is 5.99. The third kappa shape index (κ3) is 8.02. The number of hydroxylamine groups is 4. The average molecular weight is 524 g/mol. The van der Waals surface area contributed by atoms with Crippen molar-refractivity contribution in [3.05, 3.63) is 58.7 Å². The number of alkyl halides is 6. The number of amides is 2. The summed E-state index contributed by atoms with van der Waals surface area (Å²) < 4.78 is 74.9. The SMILES string of the molecule is CCNc1cc(C(F)(F)F)ccc1C(=O)N(C)OC.CON(C)C(=O)c1ccc(C(F)(F)F)cc1N. The van der Waals surface area contributed by atoms with Gasteiger partial charge in [-0.25, -0.2) is 10.1 Å². The van der Waals surface area contributed by atoms with Crippen LogP contribution < -0.4 is 11.1 Å². The number of hydrogen-bond donors (Lipinski definition) is 2. The molecule has 0 aliphatic heterocycles. The molecule has 0 atom stereocenters. The van der Waals surface area contributed by atoms with E-state index in [9.17, 15) is 35.9 Å². The third-order valence-corrected chi connectivity index (χ3v) is 4.67. The van der Waals surface area contributed by atoms with Gasteiger partial charge in [-0.3, -0.25) is 19.3 Å². The molecule has 2 amide bonds. The van der Waals surface area contributed by atoms with Crippen molar-refractivity contribution in [2.75, 3.05) is 45.9 Å². The van der Waals surface area contributed by atoms with Crippen molar-refractivity contribution < 1.29 is 45.6 Å². The number of carbonyl (C=O) groups excluding carboxylic acids is 2. The predicted octanol–water partition coefficient (Wildman–Crippen LogP) is 4.69. The molecule has 0 radical (unpaired) electrons. The second-order valence-corrected chi connectivity index (χ2v) is 7.06. The van der Waals surface area contributed by atoms with Crippen molar-refractivity contribution in [3.8, 4) is 0 Å². The molecule has 0 fully saturated rings. The molecular formula is C22H26F6N4O4. The second kappa shape index (κ2) is 12.4. The molecule has 8 nitrogen and oxygen atoms in total. The Morgan fingerprint density at radius 2 is 1.25 bits per heavy atom. The van der Waals surface area contributed by atoms with E-state index in [1.807, 2.05) is 0 Å². The van der Waals surface area contributed by atoms with E-state index in [0.29, 0.717) is 6.54 Å². The van der Waals surface area contributed by atoms with Crippen LogP contribution in [0.4, 0.5) is 37.7 Å². The summed E-state index contributed by atoms with van der Waals surface area (Å²) in [5, 5.41) is 4.57. The topological polar surface area (TPSA) is 97.1 Å². The van der Waals surface area contributed by atoms with Crippen molar-refractivity contribution in [1.29, 1.82) is 0 Å². The minimum absolute atomic E-state index is 0.0395. The van der Waals surface area contributed by atoms with E-state index in [0.717, 1.165) is 46.5 Å². The van der Waals surface area contributed by atoms with Crippen LogP contribution in [0, 0.1) is 0 Å². The Kier molecular flexibility index (Phi) is 10.5. The number of nitrogens with zero attached hydrogens (tertiary/aromatic N) is 2. The molecule has 0 saturated heterocycles. The number of halogens is 6. The largest absolute Gasteiger partial charge is 0.416 e. The fourth-order valence-electron chi connectivity index (χ4n) is 2.68. The molecule has 0 spiro atoms. The van der Waals surface area contributed by atoms with Gasteiger partial charge in [0.2, 0.25) is 0 Å². The first-order valence-electron chi connectivity index (χ1n) is 10.1. The van der Waals surface area contributed by atoms with Gasteiger partial charge in [0.25, 0.3) is 11.8 Å². The maximum absolute atomic E-state index is 12.6. The number of nitrogens with two attached hydrogens (primary N) is 1. The Balaban J connectivity index is 0.000000362. The first-order chi connectivity index (χ1) is 16.6. The van der Waals surface area contributed by atoms with Crippen LogP contribution >= 0.6 is 0 Å². The van der Waals surface area contributed by atoms with E-state index in [2.05, 4.69) is 10.2 Å². The number of hydrogen-bond acceptors (Lipinski definition) is 6. The summed E-state index contributed by atoms with van der Waals surface area (Å²) in [5.74, 6) is -1.13. The van der Waals surface area contributed by atoms with E-state index < -0.39 is 35.3 Å². The summed E-state index contributed by atoms with van der Waals surface area (Å²) in [6, 6.07) is 5.47. The Bertz CT molecular complexity index is 1060. The zero-order chi connectivity index (χ0) is 27.8. The van der Waals surface area contributed by atoms with Crippen LogP contribution in [0.2, 0.25) is 0 Å². The minimum atomic E-state index is -4.48. The van der Waals surface area contributed by atoms with E-state index in [4.69, 9.17) is 10.6 Å². The number of nitrogens with one attached hydrogen (secondary N) is 1. The smallest absolute Gasteiger partial charge is 0.398 e. The lowest BCUT2D eigenvalue weighted by Crippen LogP contribution is -2.26. The average Bonchev–Trinajstić information content (AvgIpc) is 2.81. The Morgan fingerprint density at radius 3 is 1.64 bits per heavy atom. The number of benzene rings is 2. The van der Waals surface area contributed by atoms with Crippen molar-refractivity contribution in [2.45, 2.75) is 19.3 Å². The first kappa shape index (κ1) is 30.5. The molecule has 2 aromatic carbocycles. The highest BCUT2D eigenvalue weighted by Crippen LogP contribution is 2.33. The van der Waals surface area contributed by atoms with E-state index in [-0.39, 0.29) is 22.5 Å². The molecule has 200 valence electrons. The predicted molar refractivity (Wildman–Crippen MR) is 120 cm³/mol. The fraction of sp³-hybridized carbons (Fsp3) is 0.364. The van der Waals surface area contributed by atoms with Crippen molar-refractivity contribution in [3.63, 3.8) is 0 Å². The monoisotopic (exact) mass is 524 g/mol. The lowest BCUT2D eigenvalue weighted by atomic mass is 10.1. The number of nitrogen functional groups attached to an aromatic ring is 1. The number of rotatable bonds is 6. The van der Waals surface area contributed by atoms with Gasteiger partial charge >= 0.3 is 12.4 Å². The maximum Gasteiger partial charge on any atom is 0.416 e. The Morgan fingerprint density at radius 1 is 0.833 bits per heavy atom. The van der Waals surface area contributed by atoms with Gasteiger partial charge in [0.05, 0.1) is 36.5 Å². The summed E-state index contributed by atoms with van der Waals surface area (Å²) >= 11 is 0. The van der Waals surface area contributed by atoms with Gasteiger partial charge in [0, 0.05) is 32.0 Å². The quantitative estimate of drug-likeness (QED) is 0.323. The van der Waals surface area contributed by atoms with Gasteiger partial charge in [-0.2, -0.15) is 26.3 Å². The third-order valence-electron chi connectivity index (χ3n) is 4.67. The van der Waals surface area contributed by atoms with Gasteiger partial charge in [-0.1, -0.05) is 0 Å². The molecule has 2 rings (SSSR count). The Hall–Kier alpha value is -3.52. The molecule has 0 heterocycles. The second-order valence-electron chi connectivity index (χ2n) is 7.06. The molecule has 36 heavy (non-hydrogen) atoms. The van der Waals surface area contributed by atoms with Gasteiger partial charge in [0.15, 0.2) is 0 Å². The molecule has 2 aromatic rings. The molecule has 0 aliphatic rings. The Labute approximate surface area is 203 Å². The molecule has 0 unspecified atom stereocenters. The van der Waals surface area contributed by atoms with Gasteiger partial charge in [-0.05, 0) is 43.3 Å². The summed E-state index contributed by atoms with van der Waals surface area (Å²) in [6.45, 7) is 2.13. The minimum Gasteiger partial charge on any atom is -0.398 e. The zero-order valence-corrected chi connectivity index (χ0v) is 20.0. The fourth-order valence-corrected chi connectivity index (χ4v) is 2.68. The van der Waals surface area contributed by atoms with E-state index in [1.165, 1.54) is 28.3 Å². The van der Waals surface area contributed by atoms with Crippen LogP contribution in [-0.2, 0) is 22.0 Å². The van der Waals surface area contributed by atoms with E-state index >= 15 is 0 Å². The van der Waals surface area contributed by atoms with Crippen LogP contribution in [0.25, 0.3) is 0 Å². The summed E-state index contributed by atoms with van der Waals surface area (Å²) in [5.41, 5.74) is 3.68. The zero-order valence-electron chi connectivity index (χ0n) is 20.0. The molecule has 3 N–H and O–H groups in total. The van der Waals surface area contributed by atoms with Crippen molar-refractivity contribution in [2.24, 2.45) is 0 Å². The molecule has 14 heteroatoms. The summed E-state index contributed by atoms with van der Waals surface area (Å²) in [4.78, 5) is 32.9. The number of carbonyl (C=O) groups is 2. The highest BCUT2D eigenvalue weighted by Gasteiger charge is 2.32. The van der Waals surface area contributed by atoms with Crippen LogP contribution in [0.3, 0.4) is 0 Å². The molecular weight excluding hydrogens is 498 g/mol. The molecule has 0 aromatic heterocycles. The molecule has 0 bridgehead atoms. The molecule has 0 aliphatic carbocycles. The van der Waals surface area contributed by atoms with Crippen molar-refractivity contribution in [1.82, 2.24) is 10.1 Å². The standard InChI is InChI=1S/C12H15F3N2O2.C10H11F3N2O2/c1-4-16-10-7-8(12(13,14)15)5-6-9(10)11(18)17(2)19-3;1-15(17-2)9(16)7-4-3-6(5-8(7)14)10(11,12)13/h5-7,16H,4H2,1-3H3;3-5H,14H2,1-2H3. The first-order valence-corrected chi connectivity index (χ1v) is 10.1. The van der Waals surface area contributed by atoms with Crippen LogP contribution in [0.1, 0.15) is 38.8 Å². The van der Waals surface area contributed by atoms with Gasteiger partial charge in [0.1, 0.15) is 0 Å². The summed E-state index contributed by atoms with van der Waals surface area (Å²) in [7, 11) is 5.28. The lowest BCUT2D eigenvalue weighted by Gasteiger charge is -2.18. The summed E-state index contributed by atoms with van der Waals surface area (Å²) in [6.07, 6.45) is -8.93. The van der Waals surface area contributed by atoms with Gasteiger partial charge in [-0.15, -0.1) is 0 Å². The van der Waals surface area contributed by atoms with Crippen molar-refractivity contribution >= 4 is 23.2 Å². The highest BCUT2D eigenvalue weighted by atomic mass is 19.4. The normalized spacial score (nSPS) is 11.3.